The van der Waals surface area contributed by atoms with Crippen molar-refractivity contribution in [2.75, 3.05) is 7.05 Å². The SMILES string of the molecule is Cc1cc(/C=C2\SC(=S)N(C)C2=O)c(C)n1-c1ccc(Cl)cc1. The van der Waals surface area contributed by atoms with Crippen LogP contribution in [0.25, 0.3) is 11.8 Å². The number of thiocarbonyl (C=S) groups is 1. The Kier molecular flexibility index (Phi) is 4.36. The van der Waals surface area contributed by atoms with Gasteiger partial charge in [0.2, 0.25) is 0 Å². The lowest BCUT2D eigenvalue weighted by molar-refractivity contribution is -0.121. The van der Waals surface area contributed by atoms with E-state index in [4.69, 9.17) is 23.8 Å². The van der Waals surface area contributed by atoms with Crippen molar-refractivity contribution < 1.29 is 4.79 Å². The summed E-state index contributed by atoms with van der Waals surface area (Å²) in [5.41, 5.74) is 4.24. The largest absolute Gasteiger partial charge is 0.318 e. The highest BCUT2D eigenvalue weighted by molar-refractivity contribution is 8.26. The molecule has 1 fully saturated rings. The van der Waals surface area contributed by atoms with Gasteiger partial charge in [-0.3, -0.25) is 9.69 Å². The van der Waals surface area contributed by atoms with Crippen molar-refractivity contribution in [3.63, 3.8) is 0 Å². The van der Waals surface area contributed by atoms with E-state index in [9.17, 15) is 4.79 Å². The maximum absolute atomic E-state index is 12.2. The Morgan fingerprint density at radius 3 is 2.43 bits per heavy atom. The maximum atomic E-state index is 12.2. The summed E-state index contributed by atoms with van der Waals surface area (Å²) >= 11 is 12.5. The molecule has 0 aliphatic carbocycles. The fourth-order valence-electron chi connectivity index (χ4n) is 2.61. The molecule has 23 heavy (non-hydrogen) atoms. The second-order valence-corrected chi connectivity index (χ2v) is 7.49. The van der Waals surface area contributed by atoms with Crippen molar-refractivity contribution >= 4 is 51.9 Å². The third-order valence-corrected chi connectivity index (χ3v) is 5.56. The molecule has 1 aliphatic heterocycles. The van der Waals surface area contributed by atoms with E-state index in [1.165, 1.54) is 16.7 Å². The first kappa shape index (κ1) is 16.3. The van der Waals surface area contributed by atoms with Crippen LogP contribution in [-0.4, -0.2) is 26.7 Å². The number of nitrogens with zero attached hydrogens (tertiary/aromatic N) is 2. The Morgan fingerprint density at radius 1 is 1.22 bits per heavy atom. The molecule has 6 heteroatoms. The number of aryl methyl sites for hydroxylation is 1. The summed E-state index contributed by atoms with van der Waals surface area (Å²) < 4.78 is 2.74. The Bertz CT molecular complexity index is 837. The van der Waals surface area contributed by atoms with Crippen LogP contribution < -0.4 is 0 Å². The highest BCUT2D eigenvalue weighted by atomic mass is 35.5. The molecule has 2 aromatic rings. The minimum atomic E-state index is -0.0451. The molecule has 0 unspecified atom stereocenters. The number of benzene rings is 1. The van der Waals surface area contributed by atoms with Crippen LogP contribution in [0.1, 0.15) is 17.0 Å². The maximum Gasteiger partial charge on any atom is 0.265 e. The third kappa shape index (κ3) is 2.96. The number of carbonyl (C=O) groups excluding carboxylic acids is 1. The fourth-order valence-corrected chi connectivity index (χ4v) is 3.90. The lowest BCUT2D eigenvalue weighted by Gasteiger charge is -2.09. The van der Waals surface area contributed by atoms with Crippen LogP contribution in [0.5, 0.6) is 0 Å². The van der Waals surface area contributed by atoms with Crippen molar-refractivity contribution in [2.24, 2.45) is 0 Å². The van der Waals surface area contributed by atoms with Crippen molar-refractivity contribution in [3.8, 4) is 5.69 Å². The quantitative estimate of drug-likeness (QED) is 0.577. The monoisotopic (exact) mass is 362 g/mol. The second-order valence-electron chi connectivity index (χ2n) is 5.38. The van der Waals surface area contributed by atoms with Gasteiger partial charge in [0, 0.05) is 29.1 Å². The van der Waals surface area contributed by atoms with E-state index in [0.29, 0.717) is 14.2 Å². The second kappa shape index (κ2) is 6.15. The average Bonchev–Trinajstić information content (AvgIpc) is 2.92. The van der Waals surface area contributed by atoms with Crippen LogP contribution in [-0.2, 0) is 4.79 Å². The molecule has 0 spiro atoms. The van der Waals surface area contributed by atoms with E-state index in [1.54, 1.807) is 7.05 Å². The van der Waals surface area contributed by atoms with Gasteiger partial charge in [-0.05, 0) is 55.8 Å². The molecule has 2 heterocycles. The van der Waals surface area contributed by atoms with Gasteiger partial charge in [-0.1, -0.05) is 35.6 Å². The summed E-state index contributed by atoms with van der Waals surface area (Å²) in [5.74, 6) is -0.0451. The number of halogens is 1. The number of aromatic nitrogens is 1. The Labute approximate surface area is 149 Å². The highest BCUT2D eigenvalue weighted by Crippen LogP contribution is 2.33. The van der Waals surface area contributed by atoms with Crippen LogP contribution in [0.15, 0.2) is 35.2 Å². The third-order valence-electron chi connectivity index (χ3n) is 3.83. The molecule has 1 aromatic heterocycles. The molecule has 0 bridgehead atoms. The number of hydrogen-bond acceptors (Lipinski definition) is 3. The average molecular weight is 363 g/mol. The van der Waals surface area contributed by atoms with E-state index in [-0.39, 0.29) is 5.91 Å². The van der Waals surface area contributed by atoms with Gasteiger partial charge in [-0.15, -0.1) is 0 Å². The van der Waals surface area contributed by atoms with Gasteiger partial charge in [-0.2, -0.15) is 0 Å². The molecule has 3 nitrogen and oxygen atoms in total. The summed E-state index contributed by atoms with van der Waals surface area (Å²) in [6.45, 7) is 4.09. The molecule has 0 saturated carbocycles. The molecule has 1 amide bonds. The van der Waals surface area contributed by atoms with Gasteiger partial charge in [0.1, 0.15) is 4.32 Å². The summed E-state index contributed by atoms with van der Waals surface area (Å²) in [7, 11) is 1.70. The summed E-state index contributed by atoms with van der Waals surface area (Å²) in [5, 5.41) is 0.711. The Hall–Kier alpha value is -1.56. The number of thioether (sulfide) groups is 1. The number of rotatable bonds is 2. The number of carbonyl (C=O) groups is 1. The van der Waals surface area contributed by atoms with Crippen LogP contribution >= 0.6 is 35.6 Å². The zero-order chi connectivity index (χ0) is 16.7. The summed E-state index contributed by atoms with van der Waals surface area (Å²) in [6, 6.07) is 9.79. The van der Waals surface area contributed by atoms with Crippen molar-refractivity contribution in [1.82, 2.24) is 9.47 Å². The first-order valence-electron chi connectivity index (χ1n) is 7.05. The molecule has 1 saturated heterocycles. The van der Waals surface area contributed by atoms with Gasteiger partial charge in [-0.25, -0.2) is 0 Å². The van der Waals surface area contributed by atoms with Crippen molar-refractivity contribution in [3.05, 3.63) is 57.2 Å². The van der Waals surface area contributed by atoms with E-state index < -0.39 is 0 Å². The molecule has 0 N–H and O–H groups in total. The van der Waals surface area contributed by atoms with E-state index >= 15 is 0 Å². The van der Waals surface area contributed by atoms with E-state index in [1.807, 2.05) is 44.2 Å². The lowest BCUT2D eigenvalue weighted by Crippen LogP contribution is -2.22. The first-order valence-corrected chi connectivity index (χ1v) is 8.65. The standard InChI is InChI=1S/C17H15ClN2OS2/c1-10-8-12(9-15-16(21)19(3)17(22)23-15)11(2)20(10)14-6-4-13(18)5-7-14/h4-9H,1-3H3/b15-9-. The Balaban J connectivity index is 2.03. The highest BCUT2D eigenvalue weighted by Gasteiger charge is 2.29. The summed E-state index contributed by atoms with van der Waals surface area (Å²) in [6.07, 6.45) is 1.91. The number of likely N-dealkylation sites (N-methyl/N-ethyl adjacent to an activating group) is 1. The lowest BCUT2D eigenvalue weighted by atomic mass is 10.2. The first-order chi connectivity index (χ1) is 10.9. The zero-order valence-corrected chi connectivity index (χ0v) is 15.4. The predicted molar refractivity (Wildman–Crippen MR) is 101 cm³/mol. The van der Waals surface area contributed by atoms with Gasteiger partial charge in [0.15, 0.2) is 0 Å². The molecule has 1 aromatic carbocycles. The Morgan fingerprint density at radius 2 is 1.87 bits per heavy atom. The molecule has 0 radical (unpaired) electrons. The predicted octanol–water partition coefficient (Wildman–Crippen LogP) is 4.58. The van der Waals surface area contributed by atoms with Crippen LogP contribution in [0.3, 0.4) is 0 Å². The molecular formula is C17H15ClN2OS2. The number of hydrogen-bond donors (Lipinski definition) is 0. The van der Waals surface area contributed by atoms with Crippen molar-refractivity contribution in [2.45, 2.75) is 13.8 Å². The molecular weight excluding hydrogens is 348 g/mol. The van der Waals surface area contributed by atoms with Gasteiger partial charge in [0.05, 0.1) is 4.91 Å². The van der Waals surface area contributed by atoms with Crippen LogP contribution in [0, 0.1) is 13.8 Å². The van der Waals surface area contributed by atoms with Gasteiger partial charge >= 0.3 is 0 Å². The topological polar surface area (TPSA) is 25.2 Å². The fraction of sp³-hybridized carbons (Fsp3) is 0.176. The van der Waals surface area contributed by atoms with E-state index in [0.717, 1.165) is 22.6 Å². The molecule has 0 atom stereocenters. The normalized spacial score (nSPS) is 16.7. The van der Waals surface area contributed by atoms with Crippen LogP contribution in [0.2, 0.25) is 5.02 Å². The summed E-state index contributed by atoms with van der Waals surface area (Å²) in [4.78, 5) is 14.3. The number of amides is 1. The van der Waals surface area contributed by atoms with Crippen molar-refractivity contribution in [1.29, 1.82) is 0 Å². The van der Waals surface area contributed by atoms with Gasteiger partial charge < -0.3 is 4.57 Å². The van der Waals surface area contributed by atoms with E-state index in [2.05, 4.69) is 10.6 Å². The zero-order valence-electron chi connectivity index (χ0n) is 13.0. The van der Waals surface area contributed by atoms with Crippen LogP contribution in [0.4, 0.5) is 0 Å². The smallest absolute Gasteiger partial charge is 0.265 e. The molecule has 3 rings (SSSR count). The molecule has 118 valence electrons. The molecule has 1 aliphatic rings. The minimum absolute atomic E-state index is 0.0451. The van der Waals surface area contributed by atoms with Gasteiger partial charge in [0.25, 0.3) is 5.91 Å². The minimum Gasteiger partial charge on any atom is -0.318 e.